The fourth-order valence-corrected chi connectivity index (χ4v) is 6.38. The summed E-state index contributed by atoms with van der Waals surface area (Å²) in [5, 5.41) is 8.58. The van der Waals surface area contributed by atoms with Crippen molar-refractivity contribution >= 4 is 23.8 Å². The lowest BCUT2D eigenvalue weighted by molar-refractivity contribution is -0.137. The minimum Gasteiger partial charge on any atom is -0.494 e. The van der Waals surface area contributed by atoms with Crippen LogP contribution in [0.1, 0.15) is 96.3 Å². The van der Waals surface area contributed by atoms with E-state index < -0.39 is 29.7 Å². The Morgan fingerprint density at radius 1 is 1.04 bits per heavy atom. The topological polar surface area (TPSA) is 135 Å². The normalized spacial score (nSPS) is 22.0. The van der Waals surface area contributed by atoms with Crippen LogP contribution < -0.4 is 20.7 Å². The number of hydrogen-bond donors (Lipinski definition) is 3. The minimum atomic E-state index is -1.26. The van der Waals surface area contributed by atoms with Gasteiger partial charge in [-0.15, -0.1) is 0 Å². The Hall–Kier alpha value is -4.12. The molecule has 0 saturated carbocycles. The van der Waals surface area contributed by atoms with E-state index in [-0.39, 0.29) is 36.3 Å². The first-order valence-electron chi connectivity index (χ1n) is 18.5. The smallest absolute Gasteiger partial charge is 0.408 e. The van der Waals surface area contributed by atoms with Gasteiger partial charge in [0.25, 0.3) is 0 Å². The number of aryl methyl sites for hydroxylation is 2. The van der Waals surface area contributed by atoms with Crippen molar-refractivity contribution in [2.24, 2.45) is 5.92 Å². The second kappa shape index (κ2) is 18.4. The highest BCUT2D eigenvalue weighted by Crippen LogP contribution is 2.24. The molecule has 280 valence electrons. The van der Waals surface area contributed by atoms with E-state index in [1.165, 1.54) is 0 Å². The molecule has 11 heteroatoms. The van der Waals surface area contributed by atoms with Crippen LogP contribution in [0.3, 0.4) is 0 Å². The number of ether oxygens (including phenoxy) is 3. The van der Waals surface area contributed by atoms with Gasteiger partial charge in [0.1, 0.15) is 23.4 Å². The summed E-state index contributed by atoms with van der Waals surface area (Å²) in [6, 6.07) is 13.4. The molecule has 4 atom stereocenters. The Morgan fingerprint density at radius 3 is 2.53 bits per heavy atom. The molecule has 0 aromatic heterocycles. The number of fused-ring (bicyclic) bond motifs is 4. The molecule has 0 aliphatic carbocycles. The SMILES string of the molecule is CCC(C)(CCOC(C)(C)C)OC(=O)N[C@H]1CC(=O)N2CCCC(CCOc3ccc(C)c(c3)CNC(=O)[C@H](CCc3ccccc3)NC1=O)C2. The van der Waals surface area contributed by atoms with Crippen molar-refractivity contribution in [1.82, 2.24) is 20.9 Å². The zero-order chi connectivity index (χ0) is 37.0. The molecule has 2 aromatic rings. The van der Waals surface area contributed by atoms with Crippen LogP contribution in [0.15, 0.2) is 48.5 Å². The summed E-state index contributed by atoms with van der Waals surface area (Å²) in [6.45, 7) is 13.9. The first-order valence-corrected chi connectivity index (χ1v) is 18.5. The third-order valence-corrected chi connectivity index (χ3v) is 9.88. The van der Waals surface area contributed by atoms with Crippen LogP contribution in [-0.4, -0.2) is 78.3 Å². The molecular weight excluding hydrogens is 648 g/mol. The molecule has 0 spiro atoms. The molecule has 2 unspecified atom stereocenters. The summed E-state index contributed by atoms with van der Waals surface area (Å²) in [6.07, 6.45) is 3.33. The van der Waals surface area contributed by atoms with E-state index in [0.717, 1.165) is 41.7 Å². The van der Waals surface area contributed by atoms with Crippen LogP contribution in [0.4, 0.5) is 4.79 Å². The lowest BCUT2D eigenvalue weighted by Crippen LogP contribution is -2.56. The molecule has 4 amide bonds. The van der Waals surface area contributed by atoms with Crippen LogP contribution in [0.5, 0.6) is 5.75 Å². The van der Waals surface area contributed by atoms with Crippen molar-refractivity contribution in [2.45, 2.75) is 123 Å². The number of rotatable bonds is 9. The maximum Gasteiger partial charge on any atom is 0.408 e. The maximum atomic E-state index is 14.1. The Balaban J connectivity index is 1.58. The van der Waals surface area contributed by atoms with Crippen LogP contribution in [-0.2, 0) is 36.8 Å². The fourth-order valence-electron chi connectivity index (χ4n) is 6.38. The Labute approximate surface area is 303 Å². The number of benzene rings is 2. The predicted octanol–water partition coefficient (Wildman–Crippen LogP) is 5.61. The van der Waals surface area contributed by atoms with Gasteiger partial charge in [-0.05, 0) is 108 Å². The number of hydrogen-bond acceptors (Lipinski definition) is 7. The van der Waals surface area contributed by atoms with Crippen LogP contribution in [0.25, 0.3) is 0 Å². The summed E-state index contributed by atoms with van der Waals surface area (Å²) >= 11 is 0. The second-order valence-electron chi connectivity index (χ2n) is 15.2. The first kappa shape index (κ1) is 39.7. The summed E-state index contributed by atoms with van der Waals surface area (Å²) in [5.74, 6) is -0.254. The Kier molecular flexibility index (Phi) is 14.3. The van der Waals surface area contributed by atoms with E-state index in [2.05, 4.69) is 16.0 Å². The highest BCUT2D eigenvalue weighted by Gasteiger charge is 2.34. The van der Waals surface area contributed by atoms with Crippen LogP contribution in [0, 0.1) is 12.8 Å². The number of nitrogens with zero attached hydrogens (tertiary/aromatic N) is 1. The number of piperidine rings is 1. The molecule has 1 saturated heterocycles. The van der Waals surface area contributed by atoms with Gasteiger partial charge < -0.3 is 35.1 Å². The van der Waals surface area contributed by atoms with Gasteiger partial charge >= 0.3 is 6.09 Å². The lowest BCUT2D eigenvalue weighted by atomic mass is 9.94. The molecule has 51 heavy (non-hydrogen) atoms. The van der Waals surface area contributed by atoms with Crippen molar-refractivity contribution in [3.8, 4) is 5.75 Å². The monoisotopic (exact) mass is 706 g/mol. The predicted molar refractivity (Wildman–Crippen MR) is 196 cm³/mol. The molecule has 4 bridgehead atoms. The maximum absolute atomic E-state index is 14.1. The second-order valence-corrected chi connectivity index (χ2v) is 15.2. The summed E-state index contributed by atoms with van der Waals surface area (Å²) in [7, 11) is 0. The van der Waals surface area contributed by atoms with Crippen molar-refractivity contribution < 1.29 is 33.4 Å². The molecule has 11 nitrogen and oxygen atoms in total. The molecule has 1 fully saturated rings. The van der Waals surface area contributed by atoms with Gasteiger partial charge in [0.05, 0.1) is 25.2 Å². The molecule has 2 heterocycles. The van der Waals surface area contributed by atoms with Gasteiger partial charge in [-0.1, -0.05) is 43.3 Å². The lowest BCUT2D eigenvalue weighted by Gasteiger charge is -2.34. The highest BCUT2D eigenvalue weighted by molar-refractivity contribution is 5.94. The number of carbonyl (C=O) groups excluding carboxylic acids is 4. The van der Waals surface area contributed by atoms with E-state index in [1.54, 1.807) is 4.90 Å². The number of nitrogens with one attached hydrogen (secondary N) is 3. The van der Waals surface area contributed by atoms with Crippen LogP contribution >= 0.6 is 0 Å². The Morgan fingerprint density at radius 2 is 1.80 bits per heavy atom. The van der Waals surface area contributed by atoms with E-state index in [0.29, 0.717) is 52.0 Å². The molecule has 2 aromatic carbocycles. The zero-order valence-corrected chi connectivity index (χ0v) is 31.3. The van der Waals surface area contributed by atoms with Gasteiger partial charge in [0.15, 0.2) is 0 Å². The third kappa shape index (κ3) is 12.9. The molecular formula is C40H58N4O7. The Bertz CT molecular complexity index is 1480. The average Bonchev–Trinajstić information content (AvgIpc) is 3.09. The van der Waals surface area contributed by atoms with Gasteiger partial charge in [-0.25, -0.2) is 4.79 Å². The highest BCUT2D eigenvalue weighted by atomic mass is 16.6. The third-order valence-electron chi connectivity index (χ3n) is 9.88. The average molecular weight is 707 g/mol. The van der Waals surface area contributed by atoms with Gasteiger partial charge in [0, 0.05) is 26.1 Å². The summed E-state index contributed by atoms with van der Waals surface area (Å²) in [5.41, 5.74) is 1.74. The summed E-state index contributed by atoms with van der Waals surface area (Å²) < 4.78 is 17.9. The van der Waals surface area contributed by atoms with E-state index in [4.69, 9.17) is 14.2 Å². The van der Waals surface area contributed by atoms with E-state index in [1.807, 2.05) is 90.1 Å². The summed E-state index contributed by atoms with van der Waals surface area (Å²) in [4.78, 5) is 56.8. The minimum absolute atomic E-state index is 0.243. The van der Waals surface area contributed by atoms with E-state index >= 15 is 0 Å². The van der Waals surface area contributed by atoms with Crippen molar-refractivity contribution in [3.63, 3.8) is 0 Å². The fraction of sp³-hybridized carbons (Fsp3) is 0.600. The first-order chi connectivity index (χ1) is 24.2. The van der Waals surface area contributed by atoms with Crippen molar-refractivity contribution in [1.29, 1.82) is 0 Å². The van der Waals surface area contributed by atoms with Crippen molar-refractivity contribution in [3.05, 3.63) is 65.2 Å². The van der Waals surface area contributed by atoms with Gasteiger partial charge in [-0.2, -0.15) is 0 Å². The standard InChI is InChI=1S/C40H58N4O7/c1-7-40(6,20-23-50-39(3,4)5)51-38(48)43-34-25-35(45)44-21-11-14-30(27-44)19-22-49-32-17-15-28(2)31(24-32)26-41-36(46)33(42-37(34)47)18-16-29-12-9-8-10-13-29/h8-10,12-13,15,17,24,30,33-34H,7,11,14,16,18-23,25-27H2,1-6H3,(H,41,46)(H,42,47)(H,43,48)/t30?,33-,34-,40?/m0/s1. The van der Waals surface area contributed by atoms with Crippen molar-refractivity contribution in [2.75, 3.05) is 26.3 Å². The number of carbonyl (C=O) groups is 4. The quantitative estimate of drug-likeness (QED) is 0.309. The molecule has 3 N–H and O–H groups in total. The van der Waals surface area contributed by atoms with Gasteiger partial charge in [0.2, 0.25) is 17.7 Å². The molecule has 4 rings (SSSR count). The molecule has 2 aliphatic rings. The largest absolute Gasteiger partial charge is 0.494 e. The zero-order valence-electron chi connectivity index (χ0n) is 31.3. The number of amides is 4. The molecule has 2 aliphatic heterocycles. The van der Waals surface area contributed by atoms with Crippen LogP contribution in [0.2, 0.25) is 0 Å². The number of alkyl carbamates (subject to hydrolysis) is 1. The molecule has 0 radical (unpaired) electrons. The van der Waals surface area contributed by atoms with E-state index in [9.17, 15) is 19.2 Å². The van der Waals surface area contributed by atoms with Gasteiger partial charge in [-0.3, -0.25) is 14.4 Å².